The molecular weight excluding hydrogens is 350 g/mol. The van der Waals surface area contributed by atoms with E-state index in [0.29, 0.717) is 35.7 Å². The molecule has 0 heterocycles. The zero-order chi connectivity index (χ0) is 18.9. The van der Waals surface area contributed by atoms with Gasteiger partial charge in [0.25, 0.3) is 5.91 Å². The van der Waals surface area contributed by atoms with Crippen molar-refractivity contribution in [2.75, 3.05) is 17.2 Å². The predicted octanol–water partition coefficient (Wildman–Crippen LogP) is 3.56. The van der Waals surface area contributed by atoms with Crippen molar-refractivity contribution in [3.63, 3.8) is 0 Å². The number of hydrogen-bond donors (Lipinski definition) is 3. The second kappa shape index (κ2) is 9.53. The Labute approximate surface area is 157 Å². The van der Waals surface area contributed by atoms with E-state index in [1.165, 1.54) is 0 Å². The maximum absolute atomic E-state index is 12.4. The molecule has 0 aliphatic rings. The summed E-state index contributed by atoms with van der Waals surface area (Å²) in [4.78, 5) is 23.8. The van der Waals surface area contributed by atoms with Gasteiger partial charge in [-0.25, -0.2) is 0 Å². The lowest BCUT2D eigenvalue weighted by Crippen LogP contribution is -2.34. The normalized spacial score (nSPS) is 9.92. The maximum atomic E-state index is 12.4. The summed E-state index contributed by atoms with van der Waals surface area (Å²) in [7, 11) is 0. The minimum atomic E-state index is -0.349. The van der Waals surface area contributed by atoms with E-state index in [2.05, 4.69) is 16.0 Å². The molecule has 0 aliphatic carbocycles. The number of nitrogens with one attached hydrogen (secondary N) is 3. The van der Waals surface area contributed by atoms with Gasteiger partial charge in [-0.05, 0) is 55.5 Å². The number of benzene rings is 2. The van der Waals surface area contributed by atoms with Crippen LogP contribution in [0.2, 0.25) is 0 Å². The third kappa shape index (κ3) is 5.56. The minimum absolute atomic E-state index is 0.0542. The Kier molecular flexibility index (Phi) is 7.11. The van der Waals surface area contributed by atoms with E-state index in [0.717, 1.165) is 0 Å². The first-order valence-electron chi connectivity index (χ1n) is 8.27. The topological polar surface area (TPSA) is 79.5 Å². The number of thiocarbonyl (C=S) groups is 1. The maximum Gasteiger partial charge on any atom is 0.261 e. The van der Waals surface area contributed by atoms with Crippen molar-refractivity contribution >= 4 is 40.5 Å². The van der Waals surface area contributed by atoms with Crippen LogP contribution in [0.1, 0.15) is 30.6 Å². The number of rotatable bonds is 6. The largest absolute Gasteiger partial charge is 0.493 e. The fraction of sp³-hybridized carbons (Fsp3) is 0.211. The van der Waals surface area contributed by atoms with E-state index in [9.17, 15) is 9.59 Å². The highest BCUT2D eigenvalue weighted by molar-refractivity contribution is 7.80. The summed E-state index contributed by atoms with van der Waals surface area (Å²) in [5.74, 6) is 0.103. The molecule has 7 heteroatoms. The summed E-state index contributed by atoms with van der Waals surface area (Å²) in [6, 6.07) is 14.0. The molecule has 2 aromatic carbocycles. The average Bonchev–Trinajstić information content (AvgIpc) is 2.63. The van der Waals surface area contributed by atoms with Crippen LogP contribution in [0.5, 0.6) is 5.75 Å². The number of hydrogen-bond acceptors (Lipinski definition) is 4. The summed E-state index contributed by atoms with van der Waals surface area (Å²) in [6.07, 6.45) is 0.416. The molecule has 26 heavy (non-hydrogen) atoms. The molecule has 6 nitrogen and oxygen atoms in total. The summed E-state index contributed by atoms with van der Waals surface area (Å²) in [6.45, 7) is 4.11. The molecule has 2 aromatic rings. The van der Waals surface area contributed by atoms with E-state index in [-0.39, 0.29) is 16.9 Å². The molecule has 0 radical (unpaired) electrons. The van der Waals surface area contributed by atoms with Gasteiger partial charge in [0, 0.05) is 17.8 Å². The zero-order valence-corrected chi connectivity index (χ0v) is 15.5. The van der Waals surface area contributed by atoms with Crippen molar-refractivity contribution in [3.05, 3.63) is 54.1 Å². The van der Waals surface area contributed by atoms with E-state index in [4.69, 9.17) is 17.0 Å². The van der Waals surface area contributed by atoms with Gasteiger partial charge in [-0.15, -0.1) is 0 Å². The standard InChI is InChI=1S/C19H21N3O3S/c1-3-17(23)20-13-9-11-14(12-10-13)21-19(26)22-18(24)15-7-5-6-8-16(15)25-4-2/h5-12H,3-4H2,1-2H3,(H,20,23)(H2,21,22,24,26). The van der Waals surface area contributed by atoms with Crippen LogP contribution in [-0.2, 0) is 4.79 Å². The van der Waals surface area contributed by atoms with Crippen molar-refractivity contribution in [1.82, 2.24) is 5.32 Å². The van der Waals surface area contributed by atoms with Crippen molar-refractivity contribution in [1.29, 1.82) is 0 Å². The summed E-state index contributed by atoms with van der Waals surface area (Å²) < 4.78 is 5.45. The summed E-state index contributed by atoms with van der Waals surface area (Å²) in [5.41, 5.74) is 1.81. The third-order valence-electron chi connectivity index (χ3n) is 3.41. The molecule has 0 bridgehead atoms. The molecule has 2 rings (SSSR count). The minimum Gasteiger partial charge on any atom is -0.493 e. The second-order valence-corrected chi connectivity index (χ2v) is 5.72. The Hall–Kier alpha value is -2.93. The van der Waals surface area contributed by atoms with Gasteiger partial charge in [-0.3, -0.25) is 14.9 Å². The van der Waals surface area contributed by atoms with E-state index in [1.807, 2.05) is 6.92 Å². The molecule has 0 unspecified atom stereocenters. The molecule has 3 N–H and O–H groups in total. The molecule has 0 aromatic heterocycles. The summed E-state index contributed by atoms with van der Waals surface area (Å²) >= 11 is 5.19. The van der Waals surface area contributed by atoms with Crippen molar-refractivity contribution in [3.8, 4) is 5.75 Å². The number of amides is 2. The first-order chi connectivity index (χ1) is 12.5. The number of para-hydroxylation sites is 1. The highest BCUT2D eigenvalue weighted by Crippen LogP contribution is 2.18. The van der Waals surface area contributed by atoms with Crippen LogP contribution in [0.15, 0.2) is 48.5 Å². The number of ether oxygens (including phenoxy) is 1. The average molecular weight is 371 g/mol. The van der Waals surface area contributed by atoms with Crippen LogP contribution < -0.4 is 20.7 Å². The van der Waals surface area contributed by atoms with Gasteiger partial charge < -0.3 is 15.4 Å². The SMILES string of the molecule is CCOc1ccccc1C(=O)NC(=S)Nc1ccc(NC(=O)CC)cc1. The van der Waals surface area contributed by atoms with Crippen molar-refractivity contribution in [2.24, 2.45) is 0 Å². The Morgan fingerprint density at radius 1 is 0.962 bits per heavy atom. The van der Waals surface area contributed by atoms with Gasteiger partial charge >= 0.3 is 0 Å². The van der Waals surface area contributed by atoms with Gasteiger partial charge in [0.05, 0.1) is 12.2 Å². The van der Waals surface area contributed by atoms with Gasteiger partial charge in [0.2, 0.25) is 5.91 Å². The van der Waals surface area contributed by atoms with Crippen LogP contribution in [0.4, 0.5) is 11.4 Å². The van der Waals surface area contributed by atoms with Crippen molar-refractivity contribution < 1.29 is 14.3 Å². The Balaban J connectivity index is 1.96. The molecule has 136 valence electrons. The van der Waals surface area contributed by atoms with E-state index in [1.54, 1.807) is 55.5 Å². The molecule has 2 amide bonds. The van der Waals surface area contributed by atoms with Crippen molar-refractivity contribution in [2.45, 2.75) is 20.3 Å². The van der Waals surface area contributed by atoms with Gasteiger partial charge in [-0.1, -0.05) is 19.1 Å². The lowest BCUT2D eigenvalue weighted by molar-refractivity contribution is -0.115. The fourth-order valence-corrected chi connectivity index (χ4v) is 2.37. The molecule has 0 aliphatic heterocycles. The molecule has 0 saturated carbocycles. The van der Waals surface area contributed by atoms with Gasteiger partial charge in [0.1, 0.15) is 5.75 Å². The Bertz CT molecular complexity index is 791. The summed E-state index contributed by atoms with van der Waals surface area (Å²) in [5, 5.41) is 8.50. The Morgan fingerprint density at radius 2 is 1.58 bits per heavy atom. The third-order valence-corrected chi connectivity index (χ3v) is 3.61. The van der Waals surface area contributed by atoms with Gasteiger partial charge in [0.15, 0.2) is 5.11 Å². The van der Waals surface area contributed by atoms with Crippen LogP contribution in [0, 0.1) is 0 Å². The first kappa shape index (κ1) is 19.4. The first-order valence-corrected chi connectivity index (χ1v) is 8.68. The zero-order valence-electron chi connectivity index (χ0n) is 14.7. The number of carbonyl (C=O) groups is 2. The predicted molar refractivity (Wildman–Crippen MR) is 107 cm³/mol. The molecule has 0 spiro atoms. The van der Waals surface area contributed by atoms with Crippen LogP contribution in [0.3, 0.4) is 0 Å². The van der Waals surface area contributed by atoms with Crippen LogP contribution in [0.25, 0.3) is 0 Å². The van der Waals surface area contributed by atoms with Crippen LogP contribution in [-0.4, -0.2) is 23.5 Å². The molecular formula is C19H21N3O3S. The highest BCUT2D eigenvalue weighted by atomic mass is 32.1. The molecule has 0 saturated heterocycles. The van der Waals surface area contributed by atoms with Crippen LogP contribution >= 0.6 is 12.2 Å². The lowest BCUT2D eigenvalue weighted by Gasteiger charge is -2.12. The highest BCUT2D eigenvalue weighted by Gasteiger charge is 2.13. The quantitative estimate of drug-likeness (QED) is 0.677. The Morgan fingerprint density at radius 3 is 2.19 bits per heavy atom. The molecule has 0 fully saturated rings. The molecule has 0 atom stereocenters. The fourth-order valence-electron chi connectivity index (χ4n) is 2.15. The smallest absolute Gasteiger partial charge is 0.261 e. The number of anilines is 2. The van der Waals surface area contributed by atoms with E-state index >= 15 is 0 Å². The lowest BCUT2D eigenvalue weighted by atomic mass is 10.2. The monoisotopic (exact) mass is 371 g/mol. The number of carbonyl (C=O) groups excluding carboxylic acids is 2. The van der Waals surface area contributed by atoms with E-state index < -0.39 is 0 Å². The second-order valence-electron chi connectivity index (χ2n) is 5.32. The van der Waals surface area contributed by atoms with Gasteiger partial charge in [-0.2, -0.15) is 0 Å².